The molecule has 0 aliphatic rings. The van der Waals surface area contributed by atoms with Crippen molar-refractivity contribution >= 4 is 0 Å². The first-order valence-electron chi connectivity index (χ1n) is 6.59. The summed E-state index contributed by atoms with van der Waals surface area (Å²) in [5.41, 5.74) is 0.800. The molecule has 0 heterocycles. The quantitative estimate of drug-likeness (QED) is 0.905. The van der Waals surface area contributed by atoms with Crippen LogP contribution < -0.4 is 9.47 Å². The molecule has 0 radical (unpaired) electrons. The summed E-state index contributed by atoms with van der Waals surface area (Å²) in [6.45, 7) is 3.90. The van der Waals surface area contributed by atoms with E-state index in [1.165, 1.54) is 0 Å². The molecule has 2 rings (SSSR count). The largest absolute Gasteiger partial charge is 0.493 e. The molecule has 0 saturated heterocycles. The molecule has 0 amide bonds. The van der Waals surface area contributed by atoms with Gasteiger partial charge in [0.2, 0.25) is 0 Å². The number of benzene rings is 2. The van der Waals surface area contributed by atoms with Gasteiger partial charge in [0.25, 0.3) is 0 Å². The summed E-state index contributed by atoms with van der Waals surface area (Å²) in [6.07, 6.45) is 0. The smallest absolute Gasteiger partial charge is 0.167 e. The first-order valence-corrected chi connectivity index (χ1v) is 6.59. The molecule has 0 aromatic heterocycles. The Morgan fingerprint density at radius 2 is 1.70 bits per heavy atom. The molecule has 2 aromatic rings. The standard InChI is InChI=1S/C17H20O3/c1-17(2,18)14-10-7-11-15(19-3)16(14)20-12-13-8-5-4-6-9-13/h4-11,18H,12H2,1-3H3. The van der Waals surface area contributed by atoms with Gasteiger partial charge in [-0.25, -0.2) is 0 Å². The summed E-state index contributed by atoms with van der Waals surface area (Å²) in [7, 11) is 1.60. The highest BCUT2D eigenvalue weighted by atomic mass is 16.5. The van der Waals surface area contributed by atoms with Crippen LogP contribution in [0.5, 0.6) is 11.5 Å². The first-order chi connectivity index (χ1) is 9.52. The third kappa shape index (κ3) is 3.31. The van der Waals surface area contributed by atoms with Gasteiger partial charge in [-0.2, -0.15) is 0 Å². The lowest BCUT2D eigenvalue weighted by atomic mass is 9.97. The maximum atomic E-state index is 10.3. The van der Waals surface area contributed by atoms with Gasteiger partial charge in [-0.15, -0.1) is 0 Å². The van der Waals surface area contributed by atoms with Crippen LogP contribution in [0.1, 0.15) is 25.0 Å². The third-order valence-electron chi connectivity index (χ3n) is 3.08. The van der Waals surface area contributed by atoms with Crippen molar-refractivity contribution < 1.29 is 14.6 Å². The van der Waals surface area contributed by atoms with E-state index < -0.39 is 5.60 Å². The molecular weight excluding hydrogens is 252 g/mol. The number of hydrogen-bond acceptors (Lipinski definition) is 3. The van der Waals surface area contributed by atoms with Crippen molar-refractivity contribution in [1.82, 2.24) is 0 Å². The lowest BCUT2D eigenvalue weighted by Gasteiger charge is -2.23. The molecule has 3 nitrogen and oxygen atoms in total. The molecule has 20 heavy (non-hydrogen) atoms. The summed E-state index contributed by atoms with van der Waals surface area (Å²) in [5.74, 6) is 1.21. The predicted molar refractivity (Wildman–Crippen MR) is 79.0 cm³/mol. The van der Waals surface area contributed by atoms with Gasteiger partial charge in [-0.3, -0.25) is 0 Å². The second-order valence-electron chi connectivity index (χ2n) is 5.17. The Balaban J connectivity index is 2.29. The van der Waals surface area contributed by atoms with Crippen molar-refractivity contribution in [3.05, 3.63) is 59.7 Å². The van der Waals surface area contributed by atoms with Gasteiger partial charge in [0.05, 0.1) is 12.7 Å². The Morgan fingerprint density at radius 3 is 2.30 bits per heavy atom. The minimum atomic E-state index is -0.986. The van der Waals surface area contributed by atoms with Crippen LogP contribution >= 0.6 is 0 Å². The van der Waals surface area contributed by atoms with Gasteiger partial charge in [0.15, 0.2) is 11.5 Å². The minimum absolute atomic E-state index is 0.435. The van der Waals surface area contributed by atoms with Gasteiger partial charge in [-0.1, -0.05) is 42.5 Å². The summed E-state index contributed by atoms with van der Waals surface area (Å²) in [6, 6.07) is 15.4. The van der Waals surface area contributed by atoms with Crippen molar-refractivity contribution in [2.75, 3.05) is 7.11 Å². The molecule has 0 unspecified atom stereocenters. The molecule has 0 aliphatic heterocycles. The number of para-hydroxylation sites is 1. The highest BCUT2D eigenvalue weighted by molar-refractivity contribution is 5.49. The highest BCUT2D eigenvalue weighted by Crippen LogP contribution is 2.37. The second kappa shape index (κ2) is 5.97. The Bertz CT molecular complexity index is 556. The van der Waals surface area contributed by atoms with Crippen LogP contribution in [0.4, 0.5) is 0 Å². The van der Waals surface area contributed by atoms with Crippen LogP contribution in [-0.4, -0.2) is 12.2 Å². The number of methoxy groups -OCH3 is 1. The van der Waals surface area contributed by atoms with E-state index in [1.54, 1.807) is 21.0 Å². The fraction of sp³-hybridized carbons (Fsp3) is 0.294. The van der Waals surface area contributed by atoms with Crippen LogP contribution in [0.15, 0.2) is 48.5 Å². The second-order valence-corrected chi connectivity index (χ2v) is 5.17. The molecule has 0 aliphatic carbocycles. The van der Waals surface area contributed by atoms with Crippen molar-refractivity contribution in [2.45, 2.75) is 26.1 Å². The highest BCUT2D eigenvalue weighted by Gasteiger charge is 2.23. The zero-order valence-corrected chi connectivity index (χ0v) is 12.1. The zero-order chi connectivity index (χ0) is 14.6. The monoisotopic (exact) mass is 272 g/mol. The Kier molecular flexibility index (Phi) is 4.30. The Labute approximate surface area is 119 Å². The molecule has 0 bridgehead atoms. The van der Waals surface area contributed by atoms with E-state index in [0.717, 1.165) is 5.56 Å². The molecule has 0 atom stereocenters. The summed E-state index contributed by atoms with van der Waals surface area (Å²) < 4.78 is 11.2. The normalized spacial score (nSPS) is 11.2. The maximum absolute atomic E-state index is 10.3. The van der Waals surface area contributed by atoms with E-state index in [2.05, 4.69) is 0 Å². The van der Waals surface area contributed by atoms with E-state index in [9.17, 15) is 5.11 Å². The van der Waals surface area contributed by atoms with E-state index >= 15 is 0 Å². The van der Waals surface area contributed by atoms with Crippen molar-refractivity contribution in [3.63, 3.8) is 0 Å². The Morgan fingerprint density at radius 1 is 1.00 bits per heavy atom. The fourth-order valence-electron chi connectivity index (χ4n) is 2.04. The van der Waals surface area contributed by atoms with Gasteiger partial charge in [-0.05, 0) is 25.5 Å². The predicted octanol–water partition coefficient (Wildman–Crippen LogP) is 3.50. The van der Waals surface area contributed by atoms with Crippen molar-refractivity contribution in [1.29, 1.82) is 0 Å². The van der Waals surface area contributed by atoms with E-state index in [1.807, 2.05) is 48.5 Å². The van der Waals surface area contributed by atoms with Crippen molar-refractivity contribution in [2.24, 2.45) is 0 Å². The number of hydrogen-bond donors (Lipinski definition) is 1. The fourth-order valence-corrected chi connectivity index (χ4v) is 2.04. The van der Waals surface area contributed by atoms with Crippen molar-refractivity contribution in [3.8, 4) is 11.5 Å². The molecule has 2 aromatic carbocycles. The van der Waals surface area contributed by atoms with Crippen LogP contribution in [-0.2, 0) is 12.2 Å². The number of rotatable bonds is 5. The SMILES string of the molecule is COc1cccc(C(C)(C)O)c1OCc1ccccc1. The molecule has 3 heteroatoms. The van der Waals surface area contributed by atoms with Gasteiger partial charge < -0.3 is 14.6 Å². The average Bonchev–Trinajstić information content (AvgIpc) is 2.44. The number of aliphatic hydroxyl groups is 1. The first kappa shape index (κ1) is 14.4. The third-order valence-corrected chi connectivity index (χ3v) is 3.08. The van der Waals surface area contributed by atoms with Gasteiger partial charge >= 0.3 is 0 Å². The topological polar surface area (TPSA) is 38.7 Å². The van der Waals surface area contributed by atoms with Crippen LogP contribution in [0, 0.1) is 0 Å². The molecule has 0 spiro atoms. The molecule has 0 saturated carbocycles. The van der Waals surface area contributed by atoms with E-state index in [4.69, 9.17) is 9.47 Å². The van der Waals surface area contributed by atoms with Crippen LogP contribution in [0.2, 0.25) is 0 Å². The summed E-state index contributed by atoms with van der Waals surface area (Å²) in [5, 5.41) is 10.3. The van der Waals surface area contributed by atoms with Gasteiger partial charge in [0, 0.05) is 5.56 Å². The lowest BCUT2D eigenvalue weighted by molar-refractivity contribution is 0.0737. The molecular formula is C17H20O3. The van der Waals surface area contributed by atoms with Crippen LogP contribution in [0.3, 0.4) is 0 Å². The molecule has 106 valence electrons. The van der Waals surface area contributed by atoms with E-state index in [-0.39, 0.29) is 0 Å². The molecule has 1 N–H and O–H groups in total. The van der Waals surface area contributed by atoms with Crippen LogP contribution in [0.25, 0.3) is 0 Å². The zero-order valence-electron chi connectivity index (χ0n) is 12.1. The lowest BCUT2D eigenvalue weighted by Crippen LogP contribution is -2.17. The minimum Gasteiger partial charge on any atom is -0.493 e. The average molecular weight is 272 g/mol. The molecule has 0 fully saturated rings. The number of ether oxygens (including phenoxy) is 2. The summed E-state index contributed by atoms with van der Waals surface area (Å²) in [4.78, 5) is 0. The Hall–Kier alpha value is -2.00. The summed E-state index contributed by atoms with van der Waals surface area (Å²) >= 11 is 0. The maximum Gasteiger partial charge on any atom is 0.167 e. The van der Waals surface area contributed by atoms with Gasteiger partial charge in [0.1, 0.15) is 6.61 Å². The van der Waals surface area contributed by atoms with E-state index in [0.29, 0.717) is 23.7 Å².